The molecular weight excluding hydrogens is 317 g/mol. The molecule has 23 heavy (non-hydrogen) atoms. The summed E-state index contributed by atoms with van der Waals surface area (Å²) in [5.41, 5.74) is 1.34. The van der Waals surface area contributed by atoms with Gasteiger partial charge in [0.2, 0.25) is 0 Å². The first-order valence-corrected chi connectivity index (χ1v) is 8.01. The van der Waals surface area contributed by atoms with Gasteiger partial charge in [-0.2, -0.15) is 0 Å². The van der Waals surface area contributed by atoms with Gasteiger partial charge in [0.1, 0.15) is 12.4 Å². The third kappa shape index (κ3) is 3.95. The molecule has 0 bridgehead atoms. The lowest BCUT2D eigenvalue weighted by Crippen LogP contribution is -2.16. The maximum Gasteiger partial charge on any atom is 0.166 e. The number of hydrogen-bond donors (Lipinski definition) is 1. The van der Waals surface area contributed by atoms with Crippen molar-refractivity contribution in [1.82, 2.24) is 5.32 Å². The topological polar surface area (TPSA) is 30.5 Å². The molecule has 1 N–H and O–H groups in total. The van der Waals surface area contributed by atoms with Crippen molar-refractivity contribution < 1.29 is 13.9 Å². The number of ether oxygens (including phenoxy) is 2. The highest BCUT2D eigenvalue weighted by Crippen LogP contribution is 2.33. The smallest absolute Gasteiger partial charge is 0.166 e. The summed E-state index contributed by atoms with van der Waals surface area (Å²) in [7, 11) is 1.59. The second kappa shape index (κ2) is 7.20. The van der Waals surface area contributed by atoms with E-state index in [1.807, 2.05) is 18.2 Å². The van der Waals surface area contributed by atoms with E-state index < -0.39 is 0 Å². The molecule has 1 saturated carbocycles. The lowest BCUT2D eigenvalue weighted by molar-refractivity contribution is 0.276. The number of rotatable bonds is 7. The van der Waals surface area contributed by atoms with Crippen LogP contribution in [0.3, 0.4) is 0 Å². The molecule has 0 saturated heterocycles. The Hall–Kier alpha value is -1.78. The molecular formula is C18H19ClFNO2. The van der Waals surface area contributed by atoms with Crippen LogP contribution in [-0.4, -0.2) is 13.2 Å². The molecule has 0 unspecified atom stereocenters. The van der Waals surface area contributed by atoms with E-state index in [1.54, 1.807) is 19.2 Å². The van der Waals surface area contributed by atoms with E-state index in [-0.39, 0.29) is 12.4 Å². The molecule has 0 aliphatic heterocycles. The SMILES string of the molecule is COc1cccc(CNC2CC2)c1OCc1c(F)cccc1Cl. The molecule has 1 aliphatic rings. The van der Waals surface area contributed by atoms with Crippen LogP contribution in [0.2, 0.25) is 5.02 Å². The zero-order valence-corrected chi connectivity index (χ0v) is 13.7. The monoisotopic (exact) mass is 335 g/mol. The average molecular weight is 336 g/mol. The third-order valence-corrected chi connectivity index (χ3v) is 4.22. The van der Waals surface area contributed by atoms with Crippen LogP contribution in [0, 0.1) is 5.82 Å². The summed E-state index contributed by atoms with van der Waals surface area (Å²) in [4.78, 5) is 0. The molecule has 0 atom stereocenters. The van der Waals surface area contributed by atoms with Gasteiger partial charge in [-0.15, -0.1) is 0 Å². The molecule has 3 rings (SSSR count). The fourth-order valence-corrected chi connectivity index (χ4v) is 2.60. The molecule has 1 fully saturated rings. The summed E-state index contributed by atoms with van der Waals surface area (Å²) in [6, 6.07) is 10.9. The minimum atomic E-state index is -0.370. The van der Waals surface area contributed by atoms with Gasteiger partial charge in [0.25, 0.3) is 0 Å². The molecule has 1 aliphatic carbocycles. The van der Waals surface area contributed by atoms with Gasteiger partial charge >= 0.3 is 0 Å². The number of nitrogens with one attached hydrogen (secondary N) is 1. The van der Waals surface area contributed by atoms with Crippen LogP contribution in [-0.2, 0) is 13.2 Å². The van der Waals surface area contributed by atoms with Crippen molar-refractivity contribution in [2.24, 2.45) is 0 Å². The van der Waals surface area contributed by atoms with Crippen molar-refractivity contribution in [2.75, 3.05) is 7.11 Å². The van der Waals surface area contributed by atoms with E-state index in [0.29, 0.717) is 34.7 Å². The molecule has 2 aromatic rings. The molecule has 2 aromatic carbocycles. The maximum absolute atomic E-state index is 13.9. The number of methoxy groups -OCH3 is 1. The quantitative estimate of drug-likeness (QED) is 0.817. The van der Waals surface area contributed by atoms with Crippen LogP contribution in [0.5, 0.6) is 11.5 Å². The van der Waals surface area contributed by atoms with Gasteiger partial charge in [0.15, 0.2) is 11.5 Å². The summed E-state index contributed by atoms with van der Waals surface area (Å²) >= 11 is 6.06. The predicted molar refractivity (Wildman–Crippen MR) is 88.6 cm³/mol. The lowest BCUT2D eigenvalue weighted by Gasteiger charge is -2.16. The normalized spacial score (nSPS) is 13.9. The van der Waals surface area contributed by atoms with E-state index in [1.165, 1.54) is 18.9 Å². The van der Waals surface area contributed by atoms with Gasteiger partial charge in [-0.05, 0) is 31.0 Å². The Morgan fingerprint density at radius 2 is 2.00 bits per heavy atom. The highest BCUT2D eigenvalue weighted by atomic mass is 35.5. The van der Waals surface area contributed by atoms with Crippen molar-refractivity contribution in [2.45, 2.75) is 32.0 Å². The number of halogens is 2. The fourth-order valence-electron chi connectivity index (χ4n) is 2.38. The highest BCUT2D eigenvalue weighted by molar-refractivity contribution is 6.31. The Kier molecular flexibility index (Phi) is 5.03. The summed E-state index contributed by atoms with van der Waals surface area (Å²) < 4.78 is 25.1. The first-order valence-electron chi connectivity index (χ1n) is 7.64. The standard InChI is InChI=1S/C18H19ClFNO2/c1-22-17-7-2-4-12(10-21-13-8-9-13)18(17)23-11-14-15(19)5-3-6-16(14)20/h2-7,13,21H,8-11H2,1H3. The van der Waals surface area contributed by atoms with Crippen molar-refractivity contribution in [3.05, 3.63) is 58.4 Å². The van der Waals surface area contributed by atoms with Crippen LogP contribution < -0.4 is 14.8 Å². The number of hydrogen-bond acceptors (Lipinski definition) is 3. The summed E-state index contributed by atoms with van der Waals surface area (Å²) in [6.07, 6.45) is 2.43. The molecule has 3 nitrogen and oxygen atoms in total. The first kappa shape index (κ1) is 16.1. The Balaban J connectivity index is 1.79. The molecule has 5 heteroatoms. The van der Waals surface area contributed by atoms with Gasteiger partial charge in [-0.25, -0.2) is 4.39 Å². The van der Waals surface area contributed by atoms with Crippen molar-refractivity contribution in [3.8, 4) is 11.5 Å². The number of benzene rings is 2. The zero-order valence-electron chi connectivity index (χ0n) is 12.9. The Labute approximate surface area is 140 Å². The first-order chi connectivity index (χ1) is 11.2. The Morgan fingerprint density at radius 3 is 2.70 bits per heavy atom. The van der Waals surface area contributed by atoms with E-state index in [9.17, 15) is 4.39 Å². The third-order valence-electron chi connectivity index (χ3n) is 3.86. The predicted octanol–water partition coefficient (Wildman–Crippen LogP) is 4.32. The second-order valence-corrected chi connectivity index (χ2v) is 6.00. The minimum absolute atomic E-state index is 0.0578. The van der Waals surface area contributed by atoms with Crippen LogP contribution in [0.1, 0.15) is 24.0 Å². The highest BCUT2D eigenvalue weighted by Gasteiger charge is 2.21. The molecule has 0 spiro atoms. The van der Waals surface area contributed by atoms with Gasteiger partial charge < -0.3 is 14.8 Å². The average Bonchev–Trinajstić information content (AvgIpc) is 3.37. The van der Waals surface area contributed by atoms with Gasteiger partial charge in [0, 0.05) is 23.7 Å². The largest absolute Gasteiger partial charge is 0.493 e. The summed E-state index contributed by atoms with van der Waals surface area (Å²) in [6.45, 7) is 0.754. The van der Waals surface area contributed by atoms with Crippen molar-refractivity contribution in [3.63, 3.8) is 0 Å². The zero-order chi connectivity index (χ0) is 16.2. The van der Waals surface area contributed by atoms with E-state index in [4.69, 9.17) is 21.1 Å². The van der Waals surface area contributed by atoms with Gasteiger partial charge in [0.05, 0.1) is 12.1 Å². The maximum atomic E-state index is 13.9. The molecule has 0 heterocycles. The van der Waals surface area contributed by atoms with Crippen LogP contribution in [0.25, 0.3) is 0 Å². The van der Waals surface area contributed by atoms with Gasteiger partial charge in [-0.3, -0.25) is 0 Å². The molecule has 122 valence electrons. The minimum Gasteiger partial charge on any atom is -0.493 e. The van der Waals surface area contributed by atoms with Crippen LogP contribution >= 0.6 is 11.6 Å². The van der Waals surface area contributed by atoms with Crippen LogP contribution in [0.4, 0.5) is 4.39 Å². The Bertz CT molecular complexity index is 668. The van der Waals surface area contributed by atoms with Crippen LogP contribution in [0.15, 0.2) is 36.4 Å². The van der Waals surface area contributed by atoms with E-state index in [2.05, 4.69) is 5.32 Å². The second-order valence-electron chi connectivity index (χ2n) is 5.59. The fraction of sp³-hybridized carbons (Fsp3) is 0.333. The summed E-state index contributed by atoms with van der Waals surface area (Å²) in [5, 5.41) is 3.81. The lowest BCUT2D eigenvalue weighted by atomic mass is 10.1. The van der Waals surface area contributed by atoms with Crippen molar-refractivity contribution in [1.29, 1.82) is 0 Å². The molecule has 0 radical (unpaired) electrons. The Morgan fingerprint density at radius 1 is 1.22 bits per heavy atom. The summed E-state index contributed by atoms with van der Waals surface area (Å²) in [5.74, 6) is 0.889. The van der Waals surface area contributed by atoms with E-state index in [0.717, 1.165) is 5.56 Å². The number of para-hydroxylation sites is 1. The molecule has 0 amide bonds. The van der Waals surface area contributed by atoms with E-state index >= 15 is 0 Å². The van der Waals surface area contributed by atoms with Gasteiger partial charge in [-0.1, -0.05) is 29.8 Å². The van der Waals surface area contributed by atoms with Crippen molar-refractivity contribution >= 4 is 11.6 Å². The molecule has 0 aromatic heterocycles.